The Kier molecular flexibility index (Phi) is 4.06. The van der Waals surface area contributed by atoms with Crippen LogP contribution in [0.2, 0.25) is 0 Å². The number of rotatable bonds is 3. The van der Waals surface area contributed by atoms with Crippen LogP contribution in [0.3, 0.4) is 0 Å². The van der Waals surface area contributed by atoms with Crippen LogP contribution in [0, 0.1) is 5.82 Å². The number of aryl methyl sites for hydroxylation is 1. The molecular formula is C16H13BrFNO2S. The first-order chi connectivity index (χ1) is 10.5. The van der Waals surface area contributed by atoms with Crippen molar-refractivity contribution in [3.8, 4) is 0 Å². The largest absolute Gasteiger partial charge is 0.278 e. The lowest BCUT2D eigenvalue weighted by molar-refractivity contribution is 0.599. The Hall–Kier alpha value is -1.66. The van der Waals surface area contributed by atoms with E-state index < -0.39 is 15.8 Å². The van der Waals surface area contributed by atoms with Crippen LogP contribution in [0.4, 0.5) is 10.1 Å². The minimum Gasteiger partial charge on any atom is -0.278 e. The van der Waals surface area contributed by atoms with Crippen LogP contribution in [0.25, 0.3) is 6.08 Å². The van der Waals surface area contributed by atoms with Crippen molar-refractivity contribution in [3.63, 3.8) is 0 Å². The van der Waals surface area contributed by atoms with Gasteiger partial charge in [0.1, 0.15) is 5.82 Å². The third-order valence-electron chi connectivity index (χ3n) is 3.50. The van der Waals surface area contributed by atoms with Gasteiger partial charge < -0.3 is 0 Å². The van der Waals surface area contributed by atoms with Crippen molar-refractivity contribution in [1.29, 1.82) is 0 Å². The van der Waals surface area contributed by atoms with E-state index in [1.165, 1.54) is 17.7 Å². The Morgan fingerprint density at radius 1 is 1.09 bits per heavy atom. The van der Waals surface area contributed by atoms with Gasteiger partial charge in [-0.3, -0.25) is 4.72 Å². The van der Waals surface area contributed by atoms with Gasteiger partial charge in [-0.15, -0.1) is 0 Å². The van der Waals surface area contributed by atoms with Crippen molar-refractivity contribution in [2.45, 2.75) is 17.7 Å². The van der Waals surface area contributed by atoms with Crippen LogP contribution in [0.1, 0.15) is 17.5 Å². The highest BCUT2D eigenvalue weighted by atomic mass is 79.9. The van der Waals surface area contributed by atoms with Gasteiger partial charge >= 0.3 is 0 Å². The van der Waals surface area contributed by atoms with Crippen LogP contribution in [-0.2, 0) is 16.4 Å². The molecule has 114 valence electrons. The lowest BCUT2D eigenvalue weighted by Gasteiger charge is -2.16. The van der Waals surface area contributed by atoms with Crippen molar-refractivity contribution in [1.82, 2.24) is 0 Å². The highest BCUT2D eigenvalue weighted by Crippen LogP contribution is 2.34. The van der Waals surface area contributed by atoms with Crippen LogP contribution >= 0.6 is 15.9 Å². The molecule has 0 amide bonds. The molecule has 6 heteroatoms. The fraction of sp³-hybridized carbons (Fsp3) is 0.125. The van der Waals surface area contributed by atoms with Crippen molar-refractivity contribution < 1.29 is 12.8 Å². The molecule has 3 rings (SSSR count). The molecule has 0 saturated carbocycles. The second-order valence-electron chi connectivity index (χ2n) is 5.00. The summed E-state index contributed by atoms with van der Waals surface area (Å²) < 4.78 is 40.9. The lowest BCUT2D eigenvalue weighted by atomic mass is 9.97. The minimum atomic E-state index is -3.75. The predicted octanol–water partition coefficient (Wildman–Crippen LogP) is 4.35. The maximum Gasteiger partial charge on any atom is 0.261 e. The maximum absolute atomic E-state index is 12.9. The zero-order valence-electron chi connectivity index (χ0n) is 11.5. The van der Waals surface area contributed by atoms with E-state index in [2.05, 4.69) is 26.7 Å². The minimum absolute atomic E-state index is 0.0223. The molecule has 0 aromatic heterocycles. The third-order valence-corrected chi connectivity index (χ3v) is 5.74. The van der Waals surface area contributed by atoms with Gasteiger partial charge in [-0.05, 0) is 70.2 Å². The summed E-state index contributed by atoms with van der Waals surface area (Å²) in [4.78, 5) is 0.0223. The lowest BCUT2D eigenvalue weighted by Crippen LogP contribution is -2.14. The summed E-state index contributed by atoms with van der Waals surface area (Å²) in [5.41, 5.74) is 2.64. The number of fused-ring (bicyclic) bond motifs is 1. The van der Waals surface area contributed by atoms with E-state index in [9.17, 15) is 12.8 Å². The van der Waals surface area contributed by atoms with Crippen LogP contribution in [-0.4, -0.2) is 8.42 Å². The van der Waals surface area contributed by atoms with E-state index in [0.717, 1.165) is 30.5 Å². The molecule has 0 radical (unpaired) electrons. The molecule has 0 heterocycles. The van der Waals surface area contributed by atoms with Gasteiger partial charge in [0.05, 0.1) is 10.6 Å². The highest BCUT2D eigenvalue weighted by Gasteiger charge is 2.18. The Labute approximate surface area is 137 Å². The topological polar surface area (TPSA) is 46.2 Å². The molecule has 2 aromatic carbocycles. The average molecular weight is 382 g/mol. The normalized spacial score (nSPS) is 13.7. The zero-order valence-corrected chi connectivity index (χ0v) is 13.9. The number of allylic oxidation sites excluding steroid dienone is 1. The zero-order chi connectivity index (χ0) is 15.7. The molecule has 0 fully saturated rings. The molecule has 2 aromatic rings. The highest BCUT2D eigenvalue weighted by molar-refractivity contribution is 9.10. The molecule has 0 bridgehead atoms. The molecular weight excluding hydrogens is 369 g/mol. The van der Waals surface area contributed by atoms with Gasteiger partial charge in [0.15, 0.2) is 0 Å². The Morgan fingerprint density at radius 3 is 2.55 bits per heavy atom. The summed E-state index contributed by atoms with van der Waals surface area (Å²) in [6, 6.07) is 8.39. The van der Waals surface area contributed by atoms with Crippen LogP contribution in [0.15, 0.2) is 51.8 Å². The van der Waals surface area contributed by atoms with E-state index in [-0.39, 0.29) is 4.90 Å². The van der Waals surface area contributed by atoms with Crippen molar-refractivity contribution >= 4 is 37.7 Å². The number of hydrogen-bond donors (Lipinski definition) is 1. The second-order valence-corrected chi connectivity index (χ2v) is 7.48. The molecule has 0 unspecified atom stereocenters. The summed E-state index contributed by atoms with van der Waals surface area (Å²) >= 11 is 3.47. The second kappa shape index (κ2) is 5.85. The fourth-order valence-corrected chi connectivity index (χ4v) is 4.19. The van der Waals surface area contributed by atoms with E-state index in [0.29, 0.717) is 10.2 Å². The number of benzene rings is 2. The molecule has 0 aliphatic heterocycles. The molecule has 22 heavy (non-hydrogen) atoms. The Bertz CT molecular complexity index is 845. The van der Waals surface area contributed by atoms with Gasteiger partial charge in [-0.2, -0.15) is 0 Å². The van der Waals surface area contributed by atoms with Gasteiger partial charge in [-0.1, -0.05) is 18.2 Å². The van der Waals surface area contributed by atoms with E-state index >= 15 is 0 Å². The quantitative estimate of drug-likeness (QED) is 0.858. The van der Waals surface area contributed by atoms with E-state index in [1.54, 1.807) is 6.07 Å². The fourth-order valence-electron chi connectivity index (χ4n) is 2.37. The SMILES string of the molecule is O=S(=O)(Nc1ccc2c(c1Br)C=CCC2)c1ccc(F)cc1. The summed E-state index contributed by atoms with van der Waals surface area (Å²) in [6.07, 6.45) is 5.97. The number of anilines is 1. The number of halogens is 2. The summed E-state index contributed by atoms with van der Waals surface area (Å²) in [5.74, 6) is -0.473. The van der Waals surface area contributed by atoms with Gasteiger partial charge in [-0.25, -0.2) is 12.8 Å². The first-order valence-corrected chi connectivity index (χ1v) is 9.01. The summed E-state index contributed by atoms with van der Waals surface area (Å²) in [7, 11) is -3.75. The number of nitrogens with one attached hydrogen (secondary N) is 1. The van der Waals surface area contributed by atoms with Crippen molar-refractivity contribution in [2.24, 2.45) is 0 Å². The summed E-state index contributed by atoms with van der Waals surface area (Å²) in [5, 5.41) is 0. The first kappa shape index (κ1) is 15.2. The summed E-state index contributed by atoms with van der Waals surface area (Å²) in [6.45, 7) is 0. The van der Waals surface area contributed by atoms with Gasteiger partial charge in [0.25, 0.3) is 10.0 Å². The predicted molar refractivity (Wildman–Crippen MR) is 88.7 cm³/mol. The standard InChI is InChI=1S/C16H13BrFNO2S/c17-16-14-4-2-1-3-11(14)5-10-15(16)19-22(20,21)13-8-6-12(18)7-9-13/h2,4-10,19H,1,3H2. The smallest absolute Gasteiger partial charge is 0.261 e. The third kappa shape index (κ3) is 2.94. The van der Waals surface area contributed by atoms with Crippen LogP contribution in [0.5, 0.6) is 0 Å². The van der Waals surface area contributed by atoms with E-state index in [1.807, 2.05) is 12.1 Å². The molecule has 1 N–H and O–H groups in total. The molecule has 1 aliphatic carbocycles. The Balaban J connectivity index is 1.96. The molecule has 3 nitrogen and oxygen atoms in total. The molecule has 0 spiro atoms. The van der Waals surface area contributed by atoms with Gasteiger partial charge in [0, 0.05) is 4.47 Å². The molecule has 0 saturated heterocycles. The van der Waals surface area contributed by atoms with Crippen molar-refractivity contribution in [2.75, 3.05) is 4.72 Å². The Morgan fingerprint density at radius 2 is 1.82 bits per heavy atom. The van der Waals surface area contributed by atoms with Gasteiger partial charge in [0.2, 0.25) is 0 Å². The van der Waals surface area contributed by atoms with Crippen molar-refractivity contribution in [3.05, 3.63) is 63.9 Å². The molecule has 1 aliphatic rings. The number of sulfonamides is 1. The first-order valence-electron chi connectivity index (χ1n) is 6.74. The average Bonchev–Trinajstić information content (AvgIpc) is 2.51. The van der Waals surface area contributed by atoms with E-state index in [4.69, 9.17) is 0 Å². The molecule has 0 atom stereocenters. The monoisotopic (exact) mass is 381 g/mol. The maximum atomic E-state index is 12.9. The van der Waals surface area contributed by atoms with Crippen LogP contribution < -0.4 is 4.72 Å². The number of hydrogen-bond acceptors (Lipinski definition) is 2.